The molecule has 18 heavy (non-hydrogen) atoms. The molecule has 0 atom stereocenters. The van der Waals surface area contributed by atoms with Gasteiger partial charge in [-0.3, -0.25) is 14.9 Å². The molecular weight excluding hydrogens is 246 g/mol. The summed E-state index contributed by atoms with van der Waals surface area (Å²) in [5, 5.41) is 12.8. The molecule has 5 nitrogen and oxygen atoms in total. The molecule has 0 radical (unpaired) electrons. The Kier molecular flexibility index (Phi) is 4.32. The number of nitrogens with zero attached hydrogens (tertiary/aromatic N) is 1. The van der Waals surface area contributed by atoms with Crippen LogP contribution in [0.5, 0.6) is 0 Å². The molecule has 94 valence electrons. The van der Waals surface area contributed by atoms with Gasteiger partial charge in [-0.1, -0.05) is 11.8 Å². The number of carbonyl (C=O) groups is 1. The van der Waals surface area contributed by atoms with Gasteiger partial charge in [0.25, 0.3) is 0 Å². The Morgan fingerprint density at radius 3 is 2.67 bits per heavy atom. The average molecular weight is 254 g/mol. The molecule has 1 N–H and O–H groups in total. The highest BCUT2D eigenvalue weighted by atomic mass is 19.1. The molecular formula is C11H8F2N2O3. The summed E-state index contributed by atoms with van der Waals surface area (Å²) < 4.78 is 26.2. The highest BCUT2D eigenvalue weighted by Crippen LogP contribution is 2.20. The minimum atomic E-state index is -1.26. The first-order valence-corrected chi connectivity index (χ1v) is 4.78. The fraction of sp³-hybridized carbons (Fsp3) is 0.182. The van der Waals surface area contributed by atoms with Crippen molar-refractivity contribution >= 4 is 11.6 Å². The lowest BCUT2D eigenvalue weighted by Crippen LogP contribution is -2.19. The highest BCUT2D eigenvalue weighted by Gasteiger charge is 2.17. The van der Waals surface area contributed by atoms with E-state index >= 15 is 0 Å². The van der Waals surface area contributed by atoms with Crippen LogP contribution in [0.15, 0.2) is 12.1 Å². The molecule has 0 bridgehead atoms. The van der Waals surface area contributed by atoms with Crippen LogP contribution < -0.4 is 5.32 Å². The average Bonchev–Trinajstić information content (AvgIpc) is 2.25. The maximum absolute atomic E-state index is 13.2. The smallest absolute Gasteiger partial charge is 0.306 e. The quantitative estimate of drug-likeness (QED) is 0.492. The van der Waals surface area contributed by atoms with Gasteiger partial charge in [0.2, 0.25) is 11.7 Å². The topological polar surface area (TPSA) is 72.2 Å². The molecule has 0 aliphatic rings. The molecule has 0 aliphatic carbocycles. The molecule has 0 saturated carbocycles. The number of rotatable bonds is 2. The first-order chi connectivity index (χ1) is 8.41. The van der Waals surface area contributed by atoms with Crippen LogP contribution in [0.25, 0.3) is 0 Å². The number of carbonyl (C=O) groups excluding carboxylic acids is 1. The third kappa shape index (κ3) is 3.52. The summed E-state index contributed by atoms with van der Waals surface area (Å²) in [5.41, 5.74) is -1.14. The van der Waals surface area contributed by atoms with Crippen LogP contribution in [0.2, 0.25) is 0 Å². The number of hydrogen-bond donors (Lipinski definition) is 1. The Morgan fingerprint density at radius 2 is 2.11 bits per heavy atom. The maximum atomic E-state index is 13.2. The molecule has 1 rings (SSSR count). The molecule has 0 unspecified atom stereocenters. The fourth-order valence-corrected chi connectivity index (χ4v) is 1.08. The monoisotopic (exact) mass is 254 g/mol. The summed E-state index contributed by atoms with van der Waals surface area (Å²) in [4.78, 5) is 20.0. The number of halogens is 2. The van der Waals surface area contributed by atoms with E-state index in [-0.39, 0.29) is 18.0 Å². The summed E-state index contributed by atoms with van der Waals surface area (Å²) in [5.74, 6) is 2.11. The van der Waals surface area contributed by atoms with Gasteiger partial charge in [0.1, 0.15) is 5.82 Å². The Labute approximate surface area is 101 Å². The molecule has 1 aromatic carbocycles. The van der Waals surface area contributed by atoms with Crippen LogP contribution in [-0.4, -0.2) is 17.4 Å². The predicted molar refractivity (Wildman–Crippen MR) is 58.6 cm³/mol. The van der Waals surface area contributed by atoms with Crippen molar-refractivity contribution < 1.29 is 18.5 Å². The van der Waals surface area contributed by atoms with Crippen LogP contribution >= 0.6 is 0 Å². The van der Waals surface area contributed by atoms with Crippen LogP contribution in [0.1, 0.15) is 12.5 Å². The summed E-state index contributed by atoms with van der Waals surface area (Å²) in [6.45, 7) is 1.25. The summed E-state index contributed by atoms with van der Waals surface area (Å²) in [6, 6.07) is 1.12. The first-order valence-electron chi connectivity index (χ1n) is 4.78. The summed E-state index contributed by atoms with van der Waals surface area (Å²) in [6.07, 6.45) is 0. The van der Waals surface area contributed by atoms with Gasteiger partial charge in [-0.2, -0.15) is 4.39 Å². The molecule has 1 amide bonds. The number of nitro benzene ring substituents is 1. The normalized spacial score (nSPS) is 9.28. The van der Waals surface area contributed by atoms with E-state index in [1.165, 1.54) is 6.92 Å². The molecule has 0 aromatic heterocycles. The first kappa shape index (κ1) is 13.6. The van der Waals surface area contributed by atoms with Crippen molar-refractivity contribution in [3.8, 4) is 11.8 Å². The van der Waals surface area contributed by atoms with Crippen molar-refractivity contribution in [1.82, 2.24) is 5.32 Å². The van der Waals surface area contributed by atoms with Gasteiger partial charge >= 0.3 is 5.69 Å². The summed E-state index contributed by atoms with van der Waals surface area (Å²) >= 11 is 0. The Hall–Kier alpha value is -2.49. The maximum Gasteiger partial charge on any atom is 0.306 e. The molecule has 0 spiro atoms. The van der Waals surface area contributed by atoms with Crippen molar-refractivity contribution in [3.05, 3.63) is 39.4 Å². The standard InChI is InChI=1S/C11H8F2N2O3/c1-7(16)14-4-2-3-8-5-11(15(17)18)10(13)6-9(8)12/h5-6H,4H2,1H3,(H,14,16). The van der Waals surface area contributed by atoms with Crippen molar-refractivity contribution in [2.24, 2.45) is 0 Å². The van der Waals surface area contributed by atoms with Gasteiger partial charge in [0.05, 0.1) is 17.0 Å². The van der Waals surface area contributed by atoms with Gasteiger partial charge in [0, 0.05) is 19.1 Å². The van der Waals surface area contributed by atoms with Gasteiger partial charge in [0.15, 0.2) is 0 Å². The highest BCUT2D eigenvalue weighted by molar-refractivity contribution is 5.73. The third-order valence-corrected chi connectivity index (χ3v) is 1.88. The van der Waals surface area contributed by atoms with Gasteiger partial charge in [-0.15, -0.1) is 0 Å². The van der Waals surface area contributed by atoms with Crippen LogP contribution in [0.3, 0.4) is 0 Å². The lowest BCUT2D eigenvalue weighted by Gasteiger charge is -1.97. The van der Waals surface area contributed by atoms with Gasteiger partial charge in [-0.25, -0.2) is 4.39 Å². The van der Waals surface area contributed by atoms with E-state index in [4.69, 9.17) is 0 Å². The minimum Gasteiger partial charge on any atom is -0.345 e. The number of nitrogens with one attached hydrogen (secondary N) is 1. The zero-order valence-corrected chi connectivity index (χ0v) is 9.29. The van der Waals surface area contributed by atoms with Crippen molar-refractivity contribution in [2.75, 3.05) is 6.54 Å². The number of nitro groups is 1. The van der Waals surface area contributed by atoms with Crippen LogP contribution in [-0.2, 0) is 4.79 Å². The van der Waals surface area contributed by atoms with Crippen LogP contribution in [0.4, 0.5) is 14.5 Å². The van der Waals surface area contributed by atoms with E-state index in [1.807, 2.05) is 0 Å². The SMILES string of the molecule is CC(=O)NCC#Cc1cc([N+](=O)[O-])c(F)cc1F. The lowest BCUT2D eigenvalue weighted by molar-refractivity contribution is -0.387. The molecule has 7 heteroatoms. The zero-order chi connectivity index (χ0) is 13.7. The van der Waals surface area contributed by atoms with E-state index < -0.39 is 22.2 Å². The van der Waals surface area contributed by atoms with Crippen molar-refractivity contribution in [3.63, 3.8) is 0 Å². The number of hydrogen-bond acceptors (Lipinski definition) is 3. The second-order valence-corrected chi connectivity index (χ2v) is 3.25. The minimum absolute atomic E-state index is 0.0278. The van der Waals surface area contributed by atoms with Gasteiger partial charge in [-0.05, 0) is 0 Å². The van der Waals surface area contributed by atoms with Gasteiger partial charge < -0.3 is 5.32 Å². The largest absolute Gasteiger partial charge is 0.345 e. The van der Waals surface area contributed by atoms with E-state index in [0.29, 0.717) is 12.1 Å². The predicted octanol–water partition coefficient (Wildman–Crippen LogP) is 1.36. The third-order valence-electron chi connectivity index (χ3n) is 1.88. The van der Waals surface area contributed by atoms with E-state index in [9.17, 15) is 23.7 Å². The van der Waals surface area contributed by atoms with Crippen LogP contribution in [0, 0.1) is 33.6 Å². The molecule has 1 aromatic rings. The fourth-order valence-electron chi connectivity index (χ4n) is 1.08. The lowest BCUT2D eigenvalue weighted by atomic mass is 10.2. The zero-order valence-electron chi connectivity index (χ0n) is 9.29. The summed E-state index contributed by atoms with van der Waals surface area (Å²) in [7, 11) is 0. The van der Waals surface area contributed by atoms with E-state index in [2.05, 4.69) is 17.2 Å². The van der Waals surface area contributed by atoms with E-state index in [1.54, 1.807) is 0 Å². The van der Waals surface area contributed by atoms with E-state index in [0.717, 1.165) is 0 Å². The number of amides is 1. The Balaban J connectivity index is 2.98. The second kappa shape index (κ2) is 5.72. The van der Waals surface area contributed by atoms with Crippen molar-refractivity contribution in [1.29, 1.82) is 0 Å². The number of benzene rings is 1. The molecule has 0 aliphatic heterocycles. The molecule has 0 saturated heterocycles. The van der Waals surface area contributed by atoms with Crippen molar-refractivity contribution in [2.45, 2.75) is 6.92 Å². The Bertz CT molecular complexity index is 561. The second-order valence-electron chi connectivity index (χ2n) is 3.25. The molecule has 0 fully saturated rings. The molecule has 0 heterocycles. The Morgan fingerprint density at radius 1 is 1.44 bits per heavy atom.